The van der Waals surface area contributed by atoms with Gasteiger partial charge in [0.15, 0.2) is 0 Å². The fraction of sp³-hybridized carbons (Fsp3) is 0.933. The Bertz CT molecular complexity index is 310. The van der Waals surface area contributed by atoms with Gasteiger partial charge in [-0.15, -0.1) is 0 Å². The molecule has 1 amide bonds. The van der Waals surface area contributed by atoms with Gasteiger partial charge in [0.2, 0.25) is 5.91 Å². The van der Waals surface area contributed by atoms with Crippen LogP contribution in [-0.4, -0.2) is 61.8 Å². The number of hydrogen-bond acceptors (Lipinski definition) is 4. The number of likely N-dealkylation sites (N-methyl/N-ethyl adjacent to an activating group) is 1. The number of hydrogen-bond donors (Lipinski definition) is 3. The van der Waals surface area contributed by atoms with Gasteiger partial charge in [0, 0.05) is 18.0 Å². The van der Waals surface area contributed by atoms with Crippen molar-refractivity contribution in [3.05, 3.63) is 0 Å². The van der Waals surface area contributed by atoms with E-state index in [1.165, 1.54) is 12.8 Å². The first-order chi connectivity index (χ1) is 9.65. The second kappa shape index (κ2) is 7.38. The van der Waals surface area contributed by atoms with E-state index in [2.05, 4.69) is 15.5 Å². The lowest BCUT2D eigenvalue weighted by molar-refractivity contribution is -0.123. The fourth-order valence-electron chi connectivity index (χ4n) is 3.46. The van der Waals surface area contributed by atoms with Crippen LogP contribution < -0.4 is 10.6 Å². The molecule has 5 nitrogen and oxygen atoms in total. The topological polar surface area (TPSA) is 64.6 Å². The van der Waals surface area contributed by atoms with Gasteiger partial charge in [0.1, 0.15) is 0 Å². The van der Waals surface area contributed by atoms with Crippen molar-refractivity contribution in [2.45, 2.75) is 44.6 Å². The lowest BCUT2D eigenvalue weighted by Crippen LogP contribution is -2.47. The molecule has 0 aromatic heterocycles. The Morgan fingerprint density at radius 2 is 2.00 bits per heavy atom. The number of nitrogens with zero attached hydrogens (tertiary/aromatic N) is 1. The van der Waals surface area contributed by atoms with Crippen LogP contribution in [0.1, 0.15) is 38.5 Å². The Hall–Kier alpha value is -0.650. The molecule has 20 heavy (non-hydrogen) atoms. The Morgan fingerprint density at radius 3 is 2.60 bits per heavy atom. The first-order valence-electron chi connectivity index (χ1n) is 7.94. The molecule has 116 valence electrons. The standard InChI is InChI=1S/C15H29N3O2/c1-18(13-4-8-16-9-5-13)10-14(20)17-11-15(12-19)6-2-3-7-15/h13,16,19H,2-12H2,1H3,(H,17,20). The monoisotopic (exact) mass is 283 g/mol. The summed E-state index contributed by atoms with van der Waals surface area (Å²) in [6, 6.07) is 0.514. The van der Waals surface area contributed by atoms with Crippen molar-refractivity contribution in [3.8, 4) is 0 Å². The van der Waals surface area contributed by atoms with E-state index in [1.54, 1.807) is 0 Å². The summed E-state index contributed by atoms with van der Waals surface area (Å²) in [6.07, 6.45) is 6.65. The molecule has 0 unspecified atom stereocenters. The maximum atomic E-state index is 12.1. The molecule has 1 saturated carbocycles. The van der Waals surface area contributed by atoms with Crippen molar-refractivity contribution >= 4 is 5.91 Å². The molecule has 1 aliphatic carbocycles. The molecule has 0 bridgehead atoms. The minimum Gasteiger partial charge on any atom is -0.396 e. The van der Waals surface area contributed by atoms with E-state index >= 15 is 0 Å². The average Bonchev–Trinajstić information content (AvgIpc) is 2.95. The number of piperidine rings is 1. The van der Waals surface area contributed by atoms with Crippen LogP contribution >= 0.6 is 0 Å². The van der Waals surface area contributed by atoms with Crippen LogP contribution in [0.3, 0.4) is 0 Å². The minimum atomic E-state index is -0.0526. The molecule has 0 spiro atoms. The number of aliphatic hydroxyl groups excluding tert-OH is 1. The van der Waals surface area contributed by atoms with Crippen LogP contribution in [-0.2, 0) is 4.79 Å². The number of amides is 1. The third-order valence-corrected chi connectivity index (χ3v) is 4.99. The Balaban J connectivity index is 1.71. The lowest BCUT2D eigenvalue weighted by Gasteiger charge is -2.32. The van der Waals surface area contributed by atoms with Gasteiger partial charge in [-0.1, -0.05) is 12.8 Å². The van der Waals surface area contributed by atoms with E-state index in [9.17, 15) is 9.90 Å². The van der Waals surface area contributed by atoms with Crippen molar-refractivity contribution < 1.29 is 9.90 Å². The van der Waals surface area contributed by atoms with Crippen LogP contribution in [0.25, 0.3) is 0 Å². The molecule has 2 rings (SSSR count). The molecule has 1 saturated heterocycles. The van der Waals surface area contributed by atoms with Crippen LogP contribution in [0.2, 0.25) is 0 Å². The zero-order chi connectivity index (χ0) is 14.4. The van der Waals surface area contributed by atoms with Gasteiger partial charge < -0.3 is 15.7 Å². The van der Waals surface area contributed by atoms with Crippen molar-refractivity contribution in [1.82, 2.24) is 15.5 Å². The summed E-state index contributed by atoms with van der Waals surface area (Å²) in [4.78, 5) is 14.2. The number of aliphatic hydroxyl groups is 1. The zero-order valence-corrected chi connectivity index (χ0v) is 12.7. The summed E-state index contributed by atoms with van der Waals surface area (Å²) in [7, 11) is 2.03. The average molecular weight is 283 g/mol. The highest BCUT2D eigenvalue weighted by molar-refractivity contribution is 5.78. The van der Waals surface area contributed by atoms with Gasteiger partial charge in [-0.3, -0.25) is 9.69 Å². The van der Waals surface area contributed by atoms with Crippen LogP contribution in [0.5, 0.6) is 0 Å². The molecule has 1 heterocycles. The first kappa shape index (κ1) is 15.7. The molecular formula is C15H29N3O2. The van der Waals surface area contributed by atoms with Crippen molar-refractivity contribution in [2.24, 2.45) is 5.41 Å². The van der Waals surface area contributed by atoms with Crippen LogP contribution in [0.4, 0.5) is 0 Å². The maximum absolute atomic E-state index is 12.1. The summed E-state index contributed by atoms with van der Waals surface area (Å²) >= 11 is 0. The Kier molecular flexibility index (Phi) is 5.81. The molecule has 3 N–H and O–H groups in total. The predicted molar refractivity (Wildman–Crippen MR) is 79.5 cm³/mol. The van der Waals surface area contributed by atoms with Gasteiger partial charge in [-0.05, 0) is 45.8 Å². The third kappa shape index (κ3) is 4.17. The second-order valence-corrected chi connectivity index (χ2v) is 6.54. The molecule has 0 aromatic carbocycles. The van der Waals surface area contributed by atoms with Gasteiger partial charge in [0.25, 0.3) is 0 Å². The second-order valence-electron chi connectivity index (χ2n) is 6.54. The summed E-state index contributed by atoms with van der Waals surface area (Å²) < 4.78 is 0. The van der Waals surface area contributed by atoms with Crippen LogP contribution in [0, 0.1) is 5.41 Å². The number of rotatable bonds is 6. The molecule has 0 aromatic rings. The lowest BCUT2D eigenvalue weighted by atomic mass is 9.87. The zero-order valence-electron chi connectivity index (χ0n) is 12.7. The number of nitrogens with one attached hydrogen (secondary N) is 2. The van der Waals surface area contributed by atoms with Gasteiger partial charge in [0.05, 0.1) is 13.2 Å². The third-order valence-electron chi connectivity index (χ3n) is 4.99. The van der Waals surface area contributed by atoms with E-state index in [0.29, 0.717) is 19.1 Å². The Labute approximate surface area is 122 Å². The highest BCUT2D eigenvalue weighted by atomic mass is 16.3. The minimum absolute atomic E-state index is 0.0526. The Morgan fingerprint density at radius 1 is 1.35 bits per heavy atom. The smallest absolute Gasteiger partial charge is 0.234 e. The van der Waals surface area contributed by atoms with E-state index < -0.39 is 0 Å². The van der Waals surface area contributed by atoms with E-state index in [1.807, 2.05) is 7.05 Å². The summed E-state index contributed by atoms with van der Waals surface area (Å²) in [6.45, 7) is 3.38. The van der Waals surface area contributed by atoms with Crippen LogP contribution in [0.15, 0.2) is 0 Å². The number of carbonyl (C=O) groups excluding carboxylic acids is 1. The molecular weight excluding hydrogens is 254 g/mol. The molecule has 0 radical (unpaired) electrons. The van der Waals surface area contributed by atoms with Gasteiger partial charge in [-0.25, -0.2) is 0 Å². The summed E-state index contributed by atoms with van der Waals surface area (Å²) in [5.41, 5.74) is -0.0526. The molecule has 2 fully saturated rings. The number of carbonyl (C=O) groups is 1. The van der Waals surface area contributed by atoms with Crippen molar-refractivity contribution in [2.75, 3.05) is 39.8 Å². The van der Waals surface area contributed by atoms with E-state index in [-0.39, 0.29) is 17.9 Å². The van der Waals surface area contributed by atoms with Gasteiger partial charge in [-0.2, -0.15) is 0 Å². The largest absolute Gasteiger partial charge is 0.396 e. The molecule has 5 heteroatoms. The van der Waals surface area contributed by atoms with Crippen molar-refractivity contribution in [1.29, 1.82) is 0 Å². The molecule has 1 aliphatic heterocycles. The van der Waals surface area contributed by atoms with E-state index in [0.717, 1.165) is 38.8 Å². The van der Waals surface area contributed by atoms with Gasteiger partial charge >= 0.3 is 0 Å². The summed E-state index contributed by atoms with van der Waals surface area (Å²) in [5, 5.41) is 15.9. The SMILES string of the molecule is CN(CC(=O)NCC1(CO)CCCC1)C1CCNCC1. The quantitative estimate of drug-likeness (QED) is 0.658. The first-order valence-corrected chi connectivity index (χ1v) is 7.94. The fourth-order valence-corrected chi connectivity index (χ4v) is 3.46. The molecule has 2 aliphatic rings. The summed E-state index contributed by atoms with van der Waals surface area (Å²) in [5.74, 6) is 0.0887. The highest BCUT2D eigenvalue weighted by Crippen LogP contribution is 2.36. The van der Waals surface area contributed by atoms with Crippen molar-refractivity contribution in [3.63, 3.8) is 0 Å². The van der Waals surface area contributed by atoms with E-state index in [4.69, 9.17) is 0 Å². The predicted octanol–water partition coefficient (Wildman–Crippen LogP) is 0.339. The molecule has 0 atom stereocenters. The normalized spacial score (nSPS) is 23.1. The highest BCUT2D eigenvalue weighted by Gasteiger charge is 2.33. The maximum Gasteiger partial charge on any atom is 0.234 e.